The first kappa shape index (κ1) is 27.5. The number of aromatic nitrogens is 2. The van der Waals surface area contributed by atoms with Gasteiger partial charge in [-0.25, -0.2) is 0 Å². The molecule has 0 spiro atoms. The van der Waals surface area contributed by atoms with E-state index in [1.807, 2.05) is 128 Å². The summed E-state index contributed by atoms with van der Waals surface area (Å²) in [6.45, 7) is 3.41. The number of benzene rings is 4. The van der Waals surface area contributed by atoms with Gasteiger partial charge >= 0.3 is 0 Å². The summed E-state index contributed by atoms with van der Waals surface area (Å²) < 4.78 is 19.2. The summed E-state index contributed by atoms with van der Waals surface area (Å²) in [6, 6.07) is 34.8. The van der Waals surface area contributed by atoms with Crippen molar-refractivity contribution in [3.05, 3.63) is 131 Å². The molecule has 0 aliphatic rings. The number of hydrogen-bond donors (Lipinski definition) is 0. The number of rotatable bonds is 11. The van der Waals surface area contributed by atoms with Gasteiger partial charge in [0.05, 0.1) is 18.5 Å². The van der Waals surface area contributed by atoms with Gasteiger partial charge in [0.1, 0.15) is 36.1 Å². The van der Waals surface area contributed by atoms with Crippen molar-refractivity contribution in [3.8, 4) is 34.2 Å². The Morgan fingerprint density at radius 2 is 1.34 bits per heavy atom. The quantitative estimate of drug-likeness (QED) is 0.188. The second-order valence-corrected chi connectivity index (χ2v) is 9.59. The highest BCUT2D eigenvalue weighted by Crippen LogP contribution is 2.29. The van der Waals surface area contributed by atoms with Crippen molar-refractivity contribution in [2.24, 2.45) is 0 Å². The van der Waals surface area contributed by atoms with E-state index in [0.29, 0.717) is 54.1 Å². The van der Waals surface area contributed by atoms with Crippen molar-refractivity contribution in [3.63, 3.8) is 0 Å². The average molecular weight is 548 g/mol. The van der Waals surface area contributed by atoms with Gasteiger partial charge in [-0.1, -0.05) is 72.8 Å². The van der Waals surface area contributed by atoms with E-state index in [9.17, 15) is 4.79 Å². The Labute approximate surface area is 240 Å². The molecule has 0 bridgehead atoms. The third-order valence-electron chi connectivity index (χ3n) is 6.75. The molecule has 7 nitrogen and oxygen atoms in total. The molecule has 0 N–H and O–H groups in total. The van der Waals surface area contributed by atoms with Crippen LogP contribution in [0.3, 0.4) is 0 Å². The molecule has 0 amide bonds. The molecule has 0 aliphatic carbocycles. The van der Waals surface area contributed by atoms with Crippen molar-refractivity contribution >= 4 is 5.69 Å². The van der Waals surface area contributed by atoms with Crippen molar-refractivity contribution in [2.45, 2.75) is 20.1 Å². The Bertz CT molecular complexity index is 1590. The molecule has 0 atom stereocenters. The zero-order chi connectivity index (χ0) is 28.6. The Balaban J connectivity index is 1.59. The topological polar surface area (TPSA) is 65.8 Å². The summed E-state index contributed by atoms with van der Waals surface area (Å²) in [5.41, 5.74) is 4.37. The zero-order valence-electron chi connectivity index (χ0n) is 23.5. The molecule has 5 aromatic rings. The van der Waals surface area contributed by atoms with Crippen LogP contribution >= 0.6 is 0 Å². The third kappa shape index (κ3) is 6.76. The van der Waals surface area contributed by atoms with E-state index < -0.39 is 0 Å². The first-order valence-corrected chi connectivity index (χ1v) is 13.5. The van der Waals surface area contributed by atoms with E-state index in [1.165, 1.54) is 4.68 Å². The Hall–Kier alpha value is -5.04. The first-order chi connectivity index (χ1) is 20.0. The minimum Gasteiger partial charge on any atom is -0.497 e. The second kappa shape index (κ2) is 12.9. The van der Waals surface area contributed by atoms with Crippen LogP contribution in [0.2, 0.25) is 0 Å². The molecule has 4 aromatic carbocycles. The maximum absolute atomic E-state index is 13.8. The minimum atomic E-state index is -0.241. The van der Waals surface area contributed by atoms with Crippen LogP contribution in [0.4, 0.5) is 5.69 Å². The van der Waals surface area contributed by atoms with Crippen LogP contribution in [0.15, 0.2) is 114 Å². The largest absolute Gasteiger partial charge is 0.497 e. The minimum absolute atomic E-state index is 0.241. The Morgan fingerprint density at radius 3 is 1.90 bits per heavy atom. The summed E-state index contributed by atoms with van der Waals surface area (Å²) in [7, 11) is 3.52. The lowest BCUT2D eigenvalue weighted by atomic mass is 10.1. The maximum atomic E-state index is 13.8. The molecule has 41 heavy (non-hydrogen) atoms. The Kier molecular flexibility index (Phi) is 8.64. The average Bonchev–Trinajstić information content (AvgIpc) is 3.03. The lowest BCUT2D eigenvalue weighted by Crippen LogP contribution is -2.30. The normalized spacial score (nSPS) is 10.7. The lowest BCUT2D eigenvalue weighted by Gasteiger charge is -2.19. The fourth-order valence-electron chi connectivity index (χ4n) is 4.35. The first-order valence-electron chi connectivity index (χ1n) is 13.5. The van der Waals surface area contributed by atoms with Crippen LogP contribution in [0.1, 0.15) is 18.1 Å². The van der Waals surface area contributed by atoms with Crippen LogP contribution in [0.25, 0.3) is 16.9 Å². The lowest BCUT2D eigenvalue weighted by molar-refractivity contribution is 0.289. The predicted octanol–water partition coefficient (Wildman–Crippen LogP) is 6.52. The highest BCUT2D eigenvalue weighted by Gasteiger charge is 2.16. The Morgan fingerprint density at radius 1 is 0.732 bits per heavy atom. The summed E-state index contributed by atoms with van der Waals surface area (Å²) in [4.78, 5) is 15.7. The van der Waals surface area contributed by atoms with Gasteiger partial charge in [-0.2, -0.15) is 9.78 Å². The summed E-state index contributed by atoms with van der Waals surface area (Å²) in [5, 5.41) is 4.80. The predicted molar refractivity (Wildman–Crippen MR) is 162 cm³/mol. The molecule has 7 heteroatoms. The van der Waals surface area contributed by atoms with Crippen LogP contribution < -0.4 is 24.7 Å². The van der Waals surface area contributed by atoms with Gasteiger partial charge in [-0.15, -0.1) is 0 Å². The standard InChI is InChI=1S/C34H33N3O4/c1-4-36(2)33-22-32(27-16-11-17-29(18-27)39-3)35-37(34(33)38)28-19-30(40-23-25-12-7-5-8-13-25)21-31(20-28)41-24-26-14-9-6-10-15-26/h5-22H,4,23-24H2,1-3H3. The summed E-state index contributed by atoms with van der Waals surface area (Å²) in [5.74, 6) is 1.85. The summed E-state index contributed by atoms with van der Waals surface area (Å²) >= 11 is 0. The molecule has 0 fully saturated rings. The van der Waals surface area contributed by atoms with Gasteiger partial charge in [0.15, 0.2) is 0 Å². The fraction of sp³-hybridized carbons (Fsp3) is 0.176. The van der Waals surface area contributed by atoms with Gasteiger partial charge in [-0.3, -0.25) is 4.79 Å². The molecule has 0 saturated carbocycles. The van der Waals surface area contributed by atoms with Crippen LogP contribution in [0.5, 0.6) is 17.2 Å². The molecular weight excluding hydrogens is 514 g/mol. The van der Waals surface area contributed by atoms with Crippen molar-refractivity contribution in [2.75, 3.05) is 25.6 Å². The van der Waals surface area contributed by atoms with E-state index in [0.717, 1.165) is 16.7 Å². The van der Waals surface area contributed by atoms with Crippen molar-refractivity contribution < 1.29 is 14.2 Å². The molecule has 1 heterocycles. The van der Waals surface area contributed by atoms with E-state index in [2.05, 4.69) is 0 Å². The monoisotopic (exact) mass is 547 g/mol. The SMILES string of the molecule is CCN(C)c1cc(-c2cccc(OC)c2)nn(-c2cc(OCc3ccccc3)cc(OCc3ccccc3)c2)c1=O. The highest BCUT2D eigenvalue weighted by molar-refractivity contribution is 5.66. The number of anilines is 1. The number of nitrogens with zero attached hydrogens (tertiary/aromatic N) is 3. The molecule has 0 unspecified atom stereocenters. The van der Waals surface area contributed by atoms with Crippen LogP contribution in [-0.4, -0.2) is 30.5 Å². The van der Waals surface area contributed by atoms with Gasteiger partial charge in [0, 0.05) is 37.4 Å². The highest BCUT2D eigenvalue weighted by atomic mass is 16.5. The summed E-state index contributed by atoms with van der Waals surface area (Å²) in [6.07, 6.45) is 0. The smallest absolute Gasteiger partial charge is 0.295 e. The van der Waals surface area contributed by atoms with E-state index >= 15 is 0 Å². The molecular formula is C34H33N3O4. The molecule has 1 aromatic heterocycles. The van der Waals surface area contributed by atoms with E-state index in [1.54, 1.807) is 7.11 Å². The fourth-order valence-corrected chi connectivity index (χ4v) is 4.35. The zero-order valence-corrected chi connectivity index (χ0v) is 23.5. The van der Waals surface area contributed by atoms with Gasteiger partial charge in [0.25, 0.3) is 5.56 Å². The maximum Gasteiger partial charge on any atom is 0.295 e. The molecule has 0 aliphatic heterocycles. The van der Waals surface area contributed by atoms with Crippen LogP contribution in [0, 0.1) is 0 Å². The van der Waals surface area contributed by atoms with Gasteiger partial charge < -0.3 is 19.1 Å². The van der Waals surface area contributed by atoms with E-state index in [-0.39, 0.29) is 5.56 Å². The van der Waals surface area contributed by atoms with Gasteiger partial charge in [0.2, 0.25) is 0 Å². The molecule has 0 saturated heterocycles. The van der Waals surface area contributed by atoms with E-state index in [4.69, 9.17) is 19.3 Å². The van der Waals surface area contributed by atoms with Crippen molar-refractivity contribution in [1.29, 1.82) is 0 Å². The van der Waals surface area contributed by atoms with Crippen molar-refractivity contribution in [1.82, 2.24) is 9.78 Å². The molecule has 208 valence electrons. The second-order valence-electron chi connectivity index (χ2n) is 9.59. The number of ether oxygens (including phenoxy) is 3. The number of methoxy groups -OCH3 is 1. The third-order valence-corrected chi connectivity index (χ3v) is 6.75. The molecule has 5 rings (SSSR count). The number of hydrogen-bond acceptors (Lipinski definition) is 6. The molecule has 0 radical (unpaired) electrons. The van der Waals surface area contributed by atoms with Gasteiger partial charge in [-0.05, 0) is 36.2 Å². The van der Waals surface area contributed by atoms with Crippen LogP contribution in [-0.2, 0) is 13.2 Å².